The molecular formula is C14H9Br2ClN2OS. The van der Waals surface area contributed by atoms with Crippen molar-refractivity contribution in [2.24, 2.45) is 5.73 Å². The van der Waals surface area contributed by atoms with E-state index in [2.05, 4.69) is 37.2 Å². The maximum Gasteiger partial charge on any atom is 0.255 e. The predicted octanol–water partition coefficient (Wildman–Crippen LogP) is 4.75. The number of hydrogen-bond donors (Lipinski definition) is 2. The SMILES string of the molecule is NC(=S)c1ccc(Br)cc1NC(=O)c1ccc(Cl)c(Br)c1. The molecule has 0 aliphatic rings. The Kier molecular flexibility index (Phi) is 5.37. The van der Waals surface area contributed by atoms with Crippen LogP contribution in [-0.4, -0.2) is 10.9 Å². The van der Waals surface area contributed by atoms with Crippen LogP contribution in [0.15, 0.2) is 45.3 Å². The molecule has 1 amide bonds. The highest BCUT2D eigenvalue weighted by Gasteiger charge is 2.12. The van der Waals surface area contributed by atoms with Gasteiger partial charge in [0.25, 0.3) is 5.91 Å². The summed E-state index contributed by atoms with van der Waals surface area (Å²) in [5.41, 5.74) is 7.29. The zero-order valence-electron chi connectivity index (χ0n) is 10.5. The van der Waals surface area contributed by atoms with Crippen LogP contribution in [0.25, 0.3) is 0 Å². The van der Waals surface area contributed by atoms with E-state index in [1.54, 1.807) is 30.3 Å². The van der Waals surface area contributed by atoms with E-state index in [0.717, 1.165) is 4.47 Å². The van der Waals surface area contributed by atoms with Crippen LogP contribution >= 0.6 is 55.7 Å². The average Bonchev–Trinajstić information content (AvgIpc) is 2.41. The van der Waals surface area contributed by atoms with E-state index in [0.29, 0.717) is 26.3 Å². The van der Waals surface area contributed by atoms with Crippen molar-refractivity contribution in [2.75, 3.05) is 5.32 Å². The van der Waals surface area contributed by atoms with Gasteiger partial charge < -0.3 is 11.1 Å². The lowest BCUT2D eigenvalue weighted by Gasteiger charge is -2.11. The molecule has 0 atom stereocenters. The second-order valence-electron chi connectivity index (χ2n) is 4.14. The largest absolute Gasteiger partial charge is 0.389 e. The summed E-state index contributed by atoms with van der Waals surface area (Å²) in [6.07, 6.45) is 0. The topological polar surface area (TPSA) is 55.1 Å². The van der Waals surface area contributed by atoms with Gasteiger partial charge in [-0.3, -0.25) is 4.79 Å². The van der Waals surface area contributed by atoms with Gasteiger partial charge in [0.05, 0.1) is 10.7 Å². The van der Waals surface area contributed by atoms with Gasteiger partial charge in [0.2, 0.25) is 0 Å². The fraction of sp³-hybridized carbons (Fsp3) is 0. The summed E-state index contributed by atoms with van der Waals surface area (Å²) in [6, 6.07) is 10.2. The minimum absolute atomic E-state index is 0.218. The third kappa shape index (κ3) is 4.03. The number of carbonyl (C=O) groups excluding carboxylic acids is 1. The molecule has 0 aliphatic heterocycles. The Morgan fingerprint density at radius 2 is 1.90 bits per heavy atom. The molecule has 3 nitrogen and oxygen atoms in total. The first-order chi connectivity index (χ1) is 9.88. The number of benzene rings is 2. The fourth-order valence-corrected chi connectivity index (χ4v) is 2.70. The second kappa shape index (κ2) is 6.87. The van der Waals surface area contributed by atoms with Crippen LogP contribution < -0.4 is 11.1 Å². The Bertz CT molecular complexity index is 737. The van der Waals surface area contributed by atoms with Crippen LogP contribution in [0.5, 0.6) is 0 Å². The highest BCUT2D eigenvalue weighted by Crippen LogP contribution is 2.25. The molecule has 0 bridgehead atoms. The molecule has 7 heteroatoms. The fourth-order valence-electron chi connectivity index (χ4n) is 1.67. The Hall–Kier alpha value is -0.950. The Morgan fingerprint density at radius 1 is 1.19 bits per heavy atom. The van der Waals surface area contributed by atoms with Crippen LogP contribution in [0, 0.1) is 0 Å². The van der Waals surface area contributed by atoms with Crippen molar-refractivity contribution in [3.05, 3.63) is 61.5 Å². The first-order valence-electron chi connectivity index (χ1n) is 5.74. The molecule has 21 heavy (non-hydrogen) atoms. The number of halogens is 3. The zero-order valence-corrected chi connectivity index (χ0v) is 15.2. The summed E-state index contributed by atoms with van der Waals surface area (Å²) >= 11 is 17.5. The molecule has 0 radical (unpaired) electrons. The minimum Gasteiger partial charge on any atom is -0.389 e. The van der Waals surface area contributed by atoms with Crippen LogP contribution in [0.1, 0.15) is 15.9 Å². The van der Waals surface area contributed by atoms with E-state index >= 15 is 0 Å². The van der Waals surface area contributed by atoms with Crippen LogP contribution in [0.4, 0.5) is 5.69 Å². The molecule has 0 heterocycles. The van der Waals surface area contributed by atoms with Gasteiger partial charge in [-0.2, -0.15) is 0 Å². The van der Waals surface area contributed by atoms with Gasteiger partial charge >= 0.3 is 0 Å². The lowest BCUT2D eigenvalue weighted by atomic mass is 10.1. The van der Waals surface area contributed by atoms with Crippen molar-refractivity contribution in [3.8, 4) is 0 Å². The lowest BCUT2D eigenvalue weighted by molar-refractivity contribution is 0.102. The monoisotopic (exact) mass is 446 g/mol. The molecule has 2 aromatic rings. The zero-order chi connectivity index (χ0) is 15.6. The first-order valence-corrected chi connectivity index (χ1v) is 8.11. The van der Waals surface area contributed by atoms with Gasteiger partial charge in [0.15, 0.2) is 0 Å². The number of amides is 1. The molecular weight excluding hydrogens is 439 g/mol. The molecule has 2 aromatic carbocycles. The average molecular weight is 449 g/mol. The lowest BCUT2D eigenvalue weighted by Crippen LogP contribution is -2.17. The van der Waals surface area contributed by atoms with Crippen LogP contribution in [0.3, 0.4) is 0 Å². The normalized spacial score (nSPS) is 10.2. The molecule has 0 aromatic heterocycles. The third-order valence-electron chi connectivity index (χ3n) is 2.68. The number of nitrogens with one attached hydrogen (secondary N) is 1. The Balaban J connectivity index is 2.33. The maximum absolute atomic E-state index is 12.3. The van der Waals surface area contributed by atoms with Crippen LogP contribution in [-0.2, 0) is 0 Å². The first kappa shape index (κ1) is 16.4. The van der Waals surface area contributed by atoms with Gasteiger partial charge in [-0.25, -0.2) is 0 Å². The van der Waals surface area contributed by atoms with E-state index in [1.165, 1.54) is 0 Å². The van der Waals surface area contributed by atoms with E-state index in [9.17, 15) is 4.79 Å². The maximum atomic E-state index is 12.3. The number of anilines is 1. The number of thiocarbonyl (C=S) groups is 1. The number of nitrogens with two attached hydrogens (primary N) is 1. The highest BCUT2D eigenvalue weighted by molar-refractivity contribution is 9.10. The van der Waals surface area contributed by atoms with Gasteiger partial charge in [-0.05, 0) is 52.3 Å². The summed E-state index contributed by atoms with van der Waals surface area (Å²) in [4.78, 5) is 12.5. The Labute approximate surface area is 149 Å². The van der Waals surface area contributed by atoms with Crippen molar-refractivity contribution in [3.63, 3.8) is 0 Å². The minimum atomic E-state index is -0.275. The van der Waals surface area contributed by atoms with E-state index < -0.39 is 0 Å². The molecule has 108 valence electrons. The number of hydrogen-bond acceptors (Lipinski definition) is 2. The smallest absolute Gasteiger partial charge is 0.255 e. The van der Waals surface area contributed by atoms with Crippen LogP contribution in [0.2, 0.25) is 5.02 Å². The summed E-state index contributed by atoms with van der Waals surface area (Å²) < 4.78 is 1.47. The van der Waals surface area contributed by atoms with Crippen molar-refractivity contribution in [1.82, 2.24) is 0 Å². The Morgan fingerprint density at radius 3 is 2.52 bits per heavy atom. The molecule has 0 unspecified atom stereocenters. The quantitative estimate of drug-likeness (QED) is 0.666. The molecule has 0 saturated heterocycles. The van der Waals surface area contributed by atoms with E-state index in [1.807, 2.05) is 6.07 Å². The van der Waals surface area contributed by atoms with Gasteiger partial charge in [-0.1, -0.05) is 39.7 Å². The molecule has 0 aliphatic carbocycles. The van der Waals surface area contributed by atoms with E-state index in [-0.39, 0.29) is 10.9 Å². The van der Waals surface area contributed by atoms with Gasteiger partial charge in [0, 0.05) is 20.1 Å². The number of carbonyl (C=O) groups is 1. The molecule has 0 saturated carbocycles. The van der Waals surface area contributed by atoms with E-state index in [4.69, 9.17) is 29.6 Å². The van der Waals surface area contributed by atoms with Crippen molar-refractivity contribution < 1.29 is 4.79 Å². The van der Waals surface area contributed by atoms with Crippen molar-refractivity contribution in [2.45, 2.75) is 0 Å². The summed E-state index contributed by atoms with van der Waals surface area (Å²) in [5, 5.41) is 3.33. The molecule has 0 spiro atoms. The second-order valence-corrected chi connectivity index (χ2v) is 6.75. The summed E-state index contributed by atoms with van der Waals surface area (Å²) in [5.74, 6) is -0.275. The van der Waals surface area contributed by atoms with Gasteiger partial charge in [-0.15, -0.1) is 0 Å². The van der Waals surface area contributed by atoms with Crippen molar-refractivity contribution >= 4 is 72.3 Å². The standard InChI is InChI=1S/C14H9Br2ClN2OS/c15-8-2-3-9(13(18)21)12(6-8)19-14(20)7-1-4-11(17)10(16)5-7/h1-6H,(H2,18,21)(H,19,20). The summed E-state index contributed by atoms with van der Waals surface area (Å²) in [7, 11) is 0. The van der Waals surface area contributed by atoms with Gasteiger partial charge in [0.1, 0.15) is 4.99 Å². The molecule has 0 fully saturated rings. The predicted molar refractivity (Wildman–Crippen MR) is 97.1 cm³/mol. The number of rotatable bonds is 3. The highest BCUT2D eigenvalue weighted by atomic mass is 79.9. The molecule has 2 rings (SSSR count). The summed E-state index contributed by atoms with van der Waals surface area (Å²) in [6.45, 7) is 0. The third-order valence-corrected chi connectivity index (χ3v) is 4.60. The molecule has 3 N–H and O–H groups in total. The van der Waals surface area contributed by atoms with Crippen molar-refractivity contribution in [1.29, 1.82) is 0 Å².